The third-order valence-corrected chi connectivity index (χ3v) is 5.43. The van der Waals surface area contributed by atoms with Gasteiger partial charge in [-0.15, -0.1) is 11.8 Å². The first kappa shape index (κ1) is 17.3. The Morgan fingerprint density at radius 2 is 2.29 bits per heavy atom. The molecule has 7 heteroatoms. The van der Waals surface area contributed by atoms with Crippen molar-refractivity contribution < 1.29 is 9.32 Å². The summed E-state index contributed by atoms with van der Waals surface area (Å²) < 4.78 is 5.33. The molecule has 0 spiro atoms. The highest BCUT2D eigenvalue weighted by Gasteiger charge is 2.33. The van der Waals surface area contributed by atoms with E-state index in [1.54, 1.807) is 11.8 Å². The molecule has 3 rings (SSSR count). The van der Waals surface area contributed by atoms with E-state index >= 15 is 0 Å². The smallest absolute Gasteiger partial charge is 0.249 e. The molecular formula is C17H20ClN3O2S. The molecule has 0 bridgehead atoms. The van der Waals surface area contributed by atoms with Crippen LogP contribution in [0.4, 0.5) is 0 Å². The number of carbonyl (C=O) groups is 1. The summed E-state index contributed by atoms with van der Waals surface area (Å²) >= 11 is 7.73. The van der Waals surface area contributed by atoms with Gasteiger partial charge in [0.05, 0.1) is 5.75 Å². The summed E-state index contributed by atoms with van der Waals surface area (Å²) in [5.74, 6) is 2.53. The highest BCUT2D eigenvalue weighted by Crippen LogP contribution is 2.32. The Kier molecular flexibility index (Phi) is 5.79. The van der Waals surface area contributed by atoms with Crippen molar-refractivity contribution in [3.63, 3.8) is 0 Å². The molecule has 1 fully saturated rings. The number of amides is 1. The van der Waals surface area contributed by atoms with Gasteiger partial charge >= 0.3 is 0 Å². The quantitative estimate of drug-likeness (QED) is 0.777. The molecule has 2 aromatic rings. The summed E-state index contributed by atoms with van der Waals surface area (Å²) in [4.78, 5) is 18.8. The number of nitrogens with zero attached hydrogens (tertiary/aromatic N) is 3. The third kappa shape index (κ3) is 3.92. The lowest BCUT2D eigenvalue weighted by atomic mass is 10.2. The highest BCUT2D eigenvalue weighted by molar-refractivity contribution is 7.99. The summed E-state index contributed by atoms with van der Waals surface area (Å²) in [5, 5.41) is 4.69. The maximum atomic E-state index is 12.6. The predicted octanol–water partition coefficient (Wildman–Crippen LogP) is 3.88. The van der Waals surface area contributed by atoms with Gasteiger partial charge in [0.2, 0.25) is 11.8 Å². The van der Waals surface area contributed by atoms with E-state index in [4.69, 9.17) is 16.1 Å². The van der Waals surface area contributed by atoms with E-state index in [1.165, 1.54) is 0 Å². The normalized spacial score (nSPS) is 17.4. The Bertz CT molecular complexity index is 707. The van der Waals surface area contributed by atoms with Gasteiger partial charge in [0.15, 0.2) is 5.82 Å². The molecule has 1 atom stereocenters. The van der Waals surface area contributed by atoms with Crippen LogP contribution < -0.4 is 0 Å². The van der Waals surface area contributed by atoms with Crippen molar-refractivity contribution in [1.82, 2.24) is 15.0 Å². The first-order chi connectivity index (χ1) is 11.7. The molecule has 1 aliphatic rings. The Labute approximate surface area is 150 Å². The lowest BCUT2D eigenvalue weighted by molar-refractivity contribution is -0.129. The Morgan fingerprint density at radius 3 is 3.04 bits per heavy atom. The number of likely N-dealkylation sites (tertiary alicyclic amines) is 1. The predicted molar refractivity (Wildman–Crippen MR) is 95.0 cm³/mol. The van der Waals surface area contributed by atoms with Crippen LogP contribution in [0, 0.1) is 0 Å². The van der Waals surface area contributed by atoms with Gasteiger partial charge in [0.25, 0.3) is 0 Å². The maximum Gasteiger partial charge on any atom is 0.249 e. The van der Waals surface area contributed by atoms with Crippen LogP contribution in [0.15, 0.2) is 28.8 Å². The average Bonchev–Trinajstić information content (AvgIpc) is 3.25. The van der Waals surface area contributed by atoms with E-state index in [2.05, 4.69) is 10.1 Å². The minimum absolute atomic E-state index is 0.0776. The van der Waals surface area contributed by atoms with Crippen LogP contribution in [-0.4, -0.2) is 33.2 Å². The molecule has 1 amide bonds. The van der Waals surface area contributed by atoms with Crippen LogP contribution in [0.2, 0.25) is 5.02 Å². The van der Waals surface area contributed by atoms with Gasteiger partial charge in [-0.2, -0.15) is 4.98 Å². The molecule has 5 nitrogen and oxygen atoms in total. The Balaban J connectivity index is 1.56. The second-order valence-corrected chi connectivity index (χ2v) is 7.12. The van der Waals surface area contributed by atoms with Crippen LogP contribution in [-0.2, 0) is 17.0 Å². The van der Waals surface area contributed by atoms with E-state index in [0.29, 0.717) is 17.5 Å². The van der Waals surface area contributed by atoms with Crippen LogP contribution in [0.1, 0.15) is 43.1 Å². The first-order valence-electron chi connectivity index (χ1n) is 8.12. The van der Waals surface area contributed by atoms with E-state index < -0.39 is 0 Å². The summed E-state index contributed by atoms with van der Waals surface area (Å²) in [6.07, 6.45) is 2.58. The Morgan fingerprint density at radius 1 is 1.46 bits per heavy atom. The van der Waals surface area contributed by atoms with Crippen molar-refractivity contribution in [2.75, 3.05) is 12.3 Å². The molecular weight excluding hydrogens is 346 g/mol. The summed E-state index contributed by atoms with van der Waals surface area (Å²) in [6, 6.07) is 7.65. The lowest BCUT2D eigenvalue weighted by Crippen LogP contribution is -2.32. The lowest BCUT2D eigenvalue weighted by Gasteiger charge is -2.21. The number of aromatic nitrogens is 2. The minimum Gasteiger partial charge on any atom is -0.337 e. The number of aryl methyl sites for hydroxylation is 1. The zero-order chi connectivity index (χ0) is 16.9. The molecule has 24 heavy (non-hydrogen) atoms. The number of rotatable bonds is 6. The molecule has 2 heterocycles. The molecule has 1 aliphatic heterocycles. The molecule has 0 N–H and O–H groups in total. The van der Waals surface area contributed by atoms with Crippen LogP contribution in [0.25, 0.3) is 0 Å². The molecule has 0 radical (unpaired) electrons. The van der Waals surface area contributed by atoms with Gasteiger partial charge in [-0.1, -0.05) is 41.9 Å². The molecule has 128 valence electrons. The zero-order valence-electron chi connectivity index (χ0n) is 13.6. The van der Waals surface area contributed by atoms with Crippen molar-refractivity contribution in [3.8, 4) is 0 Å². The number of halogens is 1. The first-order valence-corrected chi connectivity index (χ1v) is 9.65. The SMILES string of the molecule is CCc1noc([C@@H]2CCCN2C(=O)CSCc2ccccc2Cl)n1. The van der Waals surface area contributed by atoms with E-state index in [-0.39, 0.29) is 11.9 Å². The van der Waals surface area contributed by atoms with Gasteiger partial charge in [0, 0.05) is 23.7 Å². The number of hydrogen-bond donors (Lipinski definition) is 0. The topological polar surface area (TPSA) is 59.2 Å². The molecule has 1 saturated heterocycles. The molecule has 1 aromatic heterocycles. The van der Waals surface area contributed by atoms with Crippen LogP contribution in [0.3, 0.4) is 0 Å². The molecule has 1 aromatic carbocycles. The summed E-state index contributed by atoms with van der Waals surface area (Å²) in [7, 11) is 0. The van der Waals surface area contributed by atoms with Crippen molar-refractivity contribution >= 4 is 29.3 Å². The standard InChI is InChI=1S/C17H20ClN3O2S/c1-2-15-19-17(23-20-15)14-8-5-9-21(14)16(22)11-24-10-12-6-3-4-7-13(12)18/h3-4,6-7,14H,2,5,8-11H2,1H3/t14-/m0/s1. The van der Waals surface area contributed by atoms with E-state index in [9.17, 15) is 4.79 Å². The maximum absolute atomic E-state index is 12.6. The molecule has 0 saturated carbocycles. The molecule has 0 aliphatic carbocycles. The van der Waals surface area contributed by atoms with Gasteiger partial charge in [-0.3, -0.25) is 4.79 Å². The largest absolute Gasteiger partial charge is 0.337 e. The van der Waals surface area contributed by atoms with Crippen molar-refractivity contribution in [3.05, 3.63) is 46.6 Å². The fourth-order valence-electron chi connectivity index (χ4n) is 2.82. The second kappa shape index (κ2) is 8.03. The van der Waals surface area contributed by atoms with Gasteiger partial charge in [-0.05, 0) is 24.5 Å². The number of benzene rings is 1. The van der Waals surface area contributed by atoms with E-state index in [1.807, 2.05) is 36.1 Å². The zero-order valence-corrected chi connectivity index (χ0v) is 15.1. The van der Waals surface area contributed by atoms with E-state index in [0.717, 1.165) is 42.1 Å². The van der Waals surface area contributed by atoms with Crippen LogP contribution in [0.5, 0.6) is 0 Å². The van der Waals surface area contributed by atoms with Crippen molar-refractivity contribution in [1.29, 1.82) is 0 Å². The number of carbonyl (C=O) groups excluding carboxylic acids is 1. The van der Waals surface area contributed by atoms with Crippen molar-refractivity contribution in [2.45, 2.75) is 38.0 Å². The van der Waals surface area contributed by atoms with Gasteiger partial charge < -0.3 is 9.42 Å². The van der Waals surface area contributed by atoms with Gasteiger partial charge in [0.1, 0.15) is 6.04 Å². The average molecular weight is 366 g/mol. The minimum atomic E-state index is -0.0776. The molecule has 0 unspecified atom stereocenters. The fraction of sp³-hybridized carbons (Fsp3) is 0.471. The van der Waals surface area contributed by atoms with Crippen LogP contribution >= 0.6 is 23.4 Å². The number of thioether (sulfide) groups is 1. The highest BCUT2D eigenvalue weighted by atomic mass is 35.5. The van der Waals surface area contributed by atoms with Crippen molar-refractivity contribution in [2.24, 2.45) is 0 Å². The van der Waals surface area contributed by atoms with Gasteiger partial charge in [-0.25, -0.2) is 0 Å². The number of hydrogen-bond acceptors (Lipinski definition) is 5. The Hall–Kier alpha value is -1.53. The third-order valence-electron chi connectivity index (χ3n) is 4.10. The second-order valence-electron chi connectivity index (χ2n) is 5.73. The monoisotopic (exact) mass is 365 g/mol. The fourth-order valence-corrected chi connectivity index (χ4v) is 4.01. The summed E-state index contributed by atoms with van der Waals surface area (Å²) in [6.45, 7) is 2.73. The summed E-state index contributed by atoms with van der Waals surface area (Å²) in [5.41, 5.74) is 1.06.